The number of aryl methyl sites for hydroxylation is 5. The van der Waals surface area contributed by atoms with Gasteiger partial charge < -0.3 is 0 Å². The largest absolute Gasteiger partial charge is 0.253 e. The zero-order chi connectivity index (χ0) is 12.3. The van der Waals surface area contributed by atoms with Crippen LogP contribution in [0.1, 0.15) is 29.3 Å². The van der Waals surface area contributed by atoms with Crippen LogP contribution in [-0.2, 0) is 19.4 Å². The monoisotopic (exact) mass is 229 g/mol. The molecular formula is C14H19N3. The number of benzene rings is 1. The van der Waals surface area contributed by atoms with E-state index in [0.29, 0.717) is 0 Å². The maximum Gasteiger partial charge on any atom is 0.0830 e. The molecule has 0 aliphatic rings. The van der Waals surface area contributed by atoms with E-state index in [2.05, 4.69) is 49.3 Å². The molecule has 2 aromatic rings. The van der Waals surface area contributed by atoms with E-state index >= 15 is 0 Å². The van der Waals surface area contributed by atoms with Crippen LogP contribution in [0.2, 0.25) is 0 Å². The number of hydrogen-bond donors (Lipinski definition) is 0. The SMILES string of the molecule is CCn1cc(CCc2ccc(C)c(C)c2)nn1. The van der Waals surface area contributed by atoms with Crippen LogP contribution in [0, 0.1) is 13.8 Å². The van der Waals surface area contributed by atoms with Crippen LogP contribution in [0.4, 0.5) is 0 Å². The third kappa shape index (κ3) is 2.93. The van der Waals surface area contributed by atoms with Crippen molar-refractivity contribution >= 4 is 0 Å². The van der Waals surface area contributed by atoms with Crippen molar-refractivity contribution in [1.82, 2.24) is 15.0 Å². The van der Waals surface area contributed by atoms with Crippen molar-refractivity contribution in [3.8, 4) is 0 Å². The molecule has 3 heteroatoms. The summed E-state index contributed by atoms with van der Waals surface area (Å²) in [5.74, 6) is 0. The van der Waals surface area contributed by atoms with Gasteiger partial charge in [0.25, 0.3) is 0 Å². The average Bonchev–Trinajstić information content (AvgIpc) is 2.79. The lowest BCUT2D eigenvalue weighted by atomic mass is 10.0. The lowest BCUT2D eigenvalue weighted by Gasteiger charge is -2.03. The maximum atomic E-state index is 4.16. The van der Waals surface area contributed by atoms with Crippen molar-refractivity contribution in [3.05, 3.63) is 46.8 Å². The Balaban J connectivity index is 1.99. The molecule has 0 saturated carbocycles. The van der Waals surface area contributed by atoms with Gasteiger partial charge in [0.15, 0.2) is 0 Å². The Labute approximate surface area is 102 Å². The van der Waals surface area contributed by atoms with E-state index in [1.54, 1.807) is 0 Å². The fourth-order valence-corrected chi connectivity index (χ4v) is 1.84. The second-order valence-corrected chi connectivity index (χ2v) is 4.48. The molecule has 17 heavy (non-hydrogen) atoms. The quantitative estimate of drug-likeness (QED) is 0.807. The predicted molar refractivity (Wildman–Crippen MR) is 69.0 cm³/mol. The molecule has 1 aromatic carbocycles. The molecule has 0 atom stereocenters. The summed E-state index contributed by atoms with van der Waals surface area (Å²) in [6.45, 7) is 7.26. The minimum atomic E-state index is 0.886. The molecule has 0 aliphatic carbocycles. The Morgan fingerprint density at radius 3 is 2.59 bits per heavy atom. The van der Waals surface area contributed by atoms with Crippen LogP contribution < -0.4 is 0 Å². The molecular weight excluding hydrogens is 210 g/mol. The number of nitrogens with zero attached hydrogens (tertiary/aromatic N) is 3. The molecule has 0 spiro atoms. The Hall–Kier alpha value is -1.64. The molecule has 0 bridgehead atoms. The van der Waals surface area contributed by atoms with Crippen molar-refractivity contribution in [2.24, 2.45) is 0 Å². The minimum absolute atomic E-state index is 0.886. The highest BCUT2D eigenvalue weighted by Crippen LogP contribution is 2.11. The highest BCUT2D eigenvalue weighted by molar-refractivity contribution is 5.30. The molecule has 0 fully saturated rings. The van der Waals surface area contributed by atoms with E-state index in [9.17, 15) is 0 Å². The molecule has 0 amide bonds. The van der Waals surface area contributed by atoms with Gasteiger partial charge in [0.2, 0.25) is 0 Å². The highest BCUT2D eigenvalue weighted by Gasteiger charge is 2.01. The van der Waals surface area contributed by atoms with Gasteiger partial charge in [-0.1, -0.05) is 23.4 Å². The van der Waals surface area contributed by atoms with E-state index in [1.165, 1.54) is 16.7 Å². The summed E-state index contributed by atoms with van der Waals surface area (Å²) in [7, 11) is 0. The van der Waals surface area contributed by atoms with E-state index in [1.807, 2.05) is 10.9 Å². The molecule has 90 valence electrons. The Bertz CT molecular complexity index is 500. The first-order chi connectivity index (χ1) is 8.19. The zero-order valence-electron chi connectivity index (χ0n) is 10.8. The van der Waals surface area contributed by atoms with Gasteiger partial charge in [-0.25, -0.2) is 0 Å². The second kappa shape index (κ2) is 5.13. The second-order valence-electron chi connectivity index (χ2n) is 4.48. The normalized spacial score (nSPS) is 10.8. The Morgan fingerprint density at radius 2 is 1.94 bits per heavy atom. The molecule has 0 aliphatic heterocycles. The summed E-state index contributed by atoms with van der Waals surface area (Å²) in [4.78, 5) is 0. The molecule has 0 unspecified atom stereocenters. The fraction of sp³-hybridized carbons (Fsp3) is 0.429. The minimum Gasteiger partial charge on any atom is -0.253 e. The number of rotatable bonds is 4. The summed E-state index contributed by atoms with van der Waals surface area (Å²) in [6, 6.07) is 6.65. The molecule has 0 N–H and O–H groups in total. The first-order valence-electron chi connectivity index (χ1n) is 6.14. The first-order valence-corrected chi connectivity index (χ1v) is 6.14. The molecule has 3 nitrogen and oxygen atoms in total. The molecule has 1 aromatic heterocycles. The standard InChI is InChI=1S/C14H19N3/c1-4-17-10-14(15-16-17)8-7-13-6-5-11(2)12(3)9-13/h5-6,9-10H,4,7-8H2,1-3H3. The summed E-state index contributed by atoms with van der Waals surface area (Å²) in [5, 5.41) is 8.20. The maximum absolute atomic E-state index is 4.16. The van der Waals surface area contributed by atoms with E-state index < -0.39 is 0 Å². The summed E-state index contributed by atoms with van der Waals surface area (Å²) < 4.78 is 1.87. The Morgan fingerprint density at radius 1 is 1.12 bits per heavy atom. The summed E-state index contributed by atoms with van der Waals surface area (Å²) >= 11 is 0. The van der Waals surface area contributed by atoms with Gasteiger partial charge in [-0.15, -0.1) is 5.10 Å². The zero-order valence-corrected chi connectivity index (χ0v) is 10.8. The van der Waals surface area contributed by atoms with Crippen molar-refractivity contribution < 1.29 is 0 Å². The number of hydrogen-bond acceptors (Lipinski definition) is 2. The van der Waals surface area contributed by atoms with E-state index in [4.69, 9.17) is 0 Å². The lowest BCUT2D eigenvalue weighted by molar-refractivity contribution is 0.626. The van der Waals surface area contributed by atoms with Gasteiger partial charge in [0.05, 0.1) is 5.69 Å². The summed E-state index contributed by atoms with van der Waals surface area (Å²) in [6.07, 6.45) is 4.02. The van der Waals surface area contributed by atoms with Gasteiger partial charge >= 0.3 is 0 Å². The smallest absolute Gasteiger partial charge is 0.0830 e. The fourth-order valence-electron chi connectivity index (χ4n) is 1.84. The molecule has 2 rings (SSSR count). The van der Waals surface area contributed by atoms with Crippen molar-refractivity contribution in [3.63, 3.8) is 0 Å². The predicted octanol–water partition coefficient (Wildman–Crippen LogP) is 2.70. The van der Waals surface area contributed by atoms with Crippen molar-refractivity contribution in [1.29, 1.82) is 0 Å². The lowest BCUT2D eigenvalue weighted by Crippen LogP contribution is -1.94. The van der Waals surface area contributed by atoms with Crippen LogP contribution in [0.15, 0.2) is 24.4 Å². The van der Waals surface area contributed by atoms with E-state index in [-0.39, 0.29) is 0 Å². The van der Waals surface area contributed by atoms with Crippen LogP contribution in [-0.4, -0.2) is 15.0 Å². The summed E-state index contributed by atoms with van der Waals surface area (Å²) in [5.41, 5.74) is 5.16. The highest BCUT2D eigenvalue weighted by atomic mass is 15.4. The van der Waals surface area contributed by atoms with Crippen molar-refractivity contribution in [2.45, 2.75) is 40.2 Å². The van der Waals surface area contributed by atoms with Gasteiger partial charge in [-0.3, -0.25) is 4.68 Å². The topological polar surface area (TPSA) is 30.7 Å². The number of aromatic nitrogens is 3. The van der Waals surface area contributed by atoms with E-state index in [0.717, 1.165) is 25.1 Å². The van der Waals surface area contributed by atoms with Gasteiger partial charge in [-0.2, -0.15) is 0 Å². The van der Waals surface area contributed by atoms with Crippen molar-refractivity contribution in [2.75, 3.05) is 0 Å². The third-order valence-corrected chi connectivity index (χ3v) is 3.15. The molecule has 0 saturated heterocycles. The third-order valence-electron chi connectivity index (χ3n) is 3.15. The van der Waals surface area contributed by atoms with Crippen LogP contribution in [0.25, 0.3) is 0 Å². The van der Waals surface area contributed by atoms with Crippen LogP contribution in [0.3, 0.4) is 0 Å². The van der Waals surface area contributed by atoms with Gasteiger partial charge in [0, 0.05) is 12.7 Å². The molecule has 1 heterocycles. The van der Waals surface area contributed by atoms with Crippen LogP contribution >= 0.6 is 0 Å². The van der Waals surface area contributed by atoms with Gasteiger partial charge in [0.1, 0.15) is 0 Å². The van der Waals surface area contributed by atoms with Gasteiger partial charge in [-0.05, 0) is 50.3 Å². The molecule has 0 radical (unpaired) electrons. The first kappa shape index (κ1) is 11.8. The average molecular weight is 229 g/mol. The Kier molecular flexibility index (Phi) is 3.57. The van der Waals surface area contributed by atoms with Crippen LogP contribution in [0.5, 0.6) is 0 Å².